The van der Waals surface area contributed by atoms with Gasteiger partial charge in [-0.1, -0.05) is 11.6 Å². The Kier molecular flexibility index (Phi) is 5.02. The maximum absolute atomic E-state index is 5.83. The number of nitrogens with zero attached hydrogens (tertiary/aromatic N) is 1. The fraction of sp³-hybridized carbons (Fsp3) is 0.400. The van der Waals surface area contributed by atoms with Crippen LogP contribution in [0.5, 0.6) is 5.75 Å². The largest absolute Gasteiger partial charge is 0.487 e. The van der Waals surface area contributed by atoms with Gasteiger partial charge in [0.1, 0.15) is 17.4 Å². The number of aromatic nitrogens is 1. The van der Waals surface area contributed by atoms with Crippen LogP contribution in [-0.4, -0.2) is 10.5 Å². The molecule has 0 aliphatic heterocycles. The molecule has 1 heterocycles. The van der Waals surface area contributed by atoms with Gasteiger partial charge in [-0.2, -0.15) is 0 Å². The van der Waals surface area contributed by atoms with E-state index in [9.17, 15) is 0 Å². The van der Waals surface area contributed by atoms with Crippen LogP contribution in [0.1, 0.15) is 31.5 Å². The molecule has 0 saturated carbocycles. The summed E-state index contributed by atoms with van der Waals surface area (Å²) in [6.07, 6.45) is 0. The minimum atomic E-state index is 0.103. The van der Waals surface area contributed by atoms with Gasteiger partial charge in [-0.25, -0.2) is 4.98 Å². The minimum absolute atomic E-state index is 0.103. The van der Waals surface area contributed by atoms with Gasteiger partial charge in [-0.05, 0) is 45.0 Å². The van der Waals surface area contributed by atoms with E-state index >= 15 is 0 Å². The first-order valence-electron chi connectivity index (χ1n) is 6.49. The van der Waals surface area contributed by atoms with Crippen LogP contribution in [0, 0.1) is 0 Å². The van der Waals surface area contributed by atoms with Crippen molar-refractivity contribution in [3.8, 4) is 5.75 Å². The molecule has 0 fully saturated rings. The number of benzene rings is 1. The van der Waals surface area contributed by atoms with Gasteiger partial charge in [0.05, 0.1) is 5.69 Å². The Balaban J connectivity index is 1.85. The molecule has 0 spiro atoms. The smallest absolute Gasteiger partial charge is 0.131 e. The van der Waals surface area contributed by atoms with E-state index in [0.717, 1.165) is 23.0 Å². The Hall–Kier alpha value is -1.10. The fourth-order valence-corrected chi connectivity index (χ4v) is 2.37. The lowest BCUT2D eigenvalue weighted by molar-refractivity contribution is 0.301. The Bertz CT molecular complexity index is 546. The molecule has 0 saturated heterocycles. The van der Waals surface area contributed by atoms with Gasteiger partial charge < -0.3 is 10.1 Å². The maximum atomic E-state index is 5.83. The zero-order chi connectivity index (χ0) is 14.6. The van der Waals surface area contributed by atoms with Crippen LogP contribution < -0.4 is 10.1 Å². The van der Waals surface area contributed by atoms with Crippen LogP contribution in [0.2, 0.25) is 5.02 Å². The van der Waals surface area contributed by atoms with Gasteiger partial charge in [0, 0.05) is 22.5 Å². The number of hydrogen-bond acceptors (Lipinski definition) is 4. The van der Waals surface area contributed by atoms with E-state index in [2.05, 4.69) is 31.1 Å². The predicted octanol–water partition coefficient (Wildman–Crippen LogP) is 4.26. The molecule has 1 N–H and O–H groups in total. The summed E-state index contributed by atoms with van der Waals surface area (Å²) in [5.41, 5.74) is 1.06. The molecule has 5 heteroatoms. The van der Waals surface area contributed by atoms with Crippen LogP contribution >= 0.6 is 22.9 Å². The summed E-state index contributed by atoms with van der Waals surface area (Å²) in [5, 5.41) is 7.25. The van der Waals surface area contributed by atoms with Crippen LogP contribution in [0.15, 0.2) is 29.6 Å². The standard InChI is InChI=1S/C15H19ClN2OS/c1-15(2,3)17-8-14-18-12(10-20-14)9-19-13-6-4-11(16)5-7-13/h4-7,10,17H,8-9H2,1-3H3. The van der Waals surface area contributed by atoms with Crippen molar-refractivity contribution in [2.75, 3.05) is 0 Å². The summed E-state index contributed by atoms with van der Waals surface area (Å²) in [7, 11) is 0. The van der Waals surface area contributed by atoms with E-state index in [1.807, 2.05) is 29.6 Å². The summed E-state index contributed by atoms with van der Waals surface area (Å²) in [5.74, 6) is 0.803. The van der Waals surface area contributed by atoms with Crippen LogP contribution in [0.3, 0.4) is 0 Å². The second kappa shape index (κ2) is 6.57. The molecule has 20 heavy (non-hydrogen) atoms. The average Bonchev–Trinajstić information content (AvgIpc) is 2.83. The van der Waals surface area contributed by atoms with Crippen molar-refractivity contribution >= 4 is 22.9 Å². The predicted molar refractivity (Wildman–Crippen MR) is 84.5 cm³/mol. The van der Waals surface area contributed by atoms with Gasteiger partial charge in [0.25, 0.3) is 0 Å². The molecule has 2 rings (SSSR count). The first-order valence-corrected chi connectivity index (χ1v) is 7.75. The monoisotopic (exact) mass is 310 g/mol. The van der Waals surface area contributed by atoms with Crippen molar-refractivity contribution in [2.45, 2.75) is 39.5 Å². The van der Waals surface area contributed by atoms with Crippen molar-refractivity contribution in [1.82, 2.24) is 10.3 Å². The highest BCUT2D eigenvalue weighted by atomic mass is 35.5. The molecule has 0 amide bonds. The van der Waals surface area contributed by atoms with Crippen molar-refractivity contribution in [1.29, 1.82) is 0 Å². The van der Waals surface area contributed by atoms with Crippen molar-refractivity contribution < 1.29 is 4.74 Å². The van der Waals surface area contributed by atoms with E-state index < -0.39 is 0 Å². The molecule has 0 radical (unpaired) electrons. The van der Waals surface area contributed by atoms with Crippen molar-refractivity contribution in [3.63, 3.8) is 0 Å². The van der Waals surface area contributed by atoms with E-state index in [-0.39, 0.29) is 5.54 Å². The highest BCUT2D eigenvalue weighted by Crippen LogP contribution is 2.18. The Morgan fingerprint density at radius 1 is 1.25 bits per heavy atom. The first-order chi connectivity index (χ1) is 9.42. The molecule has 0 atom stereocenters. The lowest BCUT2D eigenvalue weighted by Gasteiger charge is -2.19. The Morgan fingerprint density at radius 2 is 1.95 bits per heavy atom. The molecule has 0 aliphatic rings. The van der Waals surface area contributed by atoms with Gasteiger partial charge >= 0.3 is 0 Å². The highest BCUT2D eigenvalue weighted by Gasteiger charge is 2.10. The number of halogens is 1. The topological polar surface area (TPSA) is 34.2 Å². The number of ether oxygens (including phenoxy) is 1. The number of thiazole rings is 1. The first kappa shape index (κ1) is 15.3. The molecular weight excluding hydrogens is 292 g/mol. The normalized spacial score (nSPS) is 11.6. The highest BCUT2D eigenvalue weighted by molar-refractivity contribution is 7.09. The average molecular weight is 311 g/mol. The Labute approximate surface area is 129 Å². The molecule has 3 nitrogen and oxygen atoms in total. The number of rotatable bonds is 5. The summed E-state index contributed by atoms with van der Waals surface area (Å²) >= 11 is 7.48. The lowest BCUT2D eigenvalue weighted by Crippen LogP contribution is -2.35. The second-order valence-electron chi connectivity index (χ2n) is 5.58. The van der Waals surface area contributed by atoms with Crippen LogP contribution in [0.4, 0.5) is 0 Å². The van der Waals surface area contributed by atoms with Crippen LogP contribution in [-0.2, 0) is 13.2 Å². The molecule has 0 bridgehead atoms. The number of hydrogen-bond donors (Lipinski definition) is 1. The maximum Gasteiger partial charge on any atom is 0.131 e. The summed E-state index contributed by atoms with van der Waals surface area (Å²) in [6.45, 7) is 7.70. The zero-order valence-corrected chi connectivity index (χ0v) is 13.5. The van der Waals surface area contributed by atoms with Crippen molar-refractivity contribution in [3.05, 3.63) is 45.4 Å². The van der Waals surface area contributed by atoms with Gasteiger partial charge in [0.15, 0.2) is 0 Å². The van der Waals surface area contributed by atoms with E-state index in [1.165, 1.54) is 0 Å². The molecule has 108 valence electrons. The molecular formula is C15H19ClN2OS. The molecule has 0 unspecified atom stereocenters. The third-order valence-corrected chi connectivity index (χ3v) is 3.72. The molecule has 0 aliphatic carbocycles. The third kappa shape index (κ3) is 5.12. The third-order valence-electron chi connectivity index (χ3n) is 2.57. The molecule has 1 aromatic heterocycles. The summed E-state index contributed by atoms with van der Waals surface area (Å²) < 4.78 is 5.67. The summed E-state index contributed by atoms with van der Waals surface area (Å²) in [6, 6.07) is 7.35. The number of nitrogens with one attached hydrogen (secondary N) is 1. The summed E-state index contributed by atoms with van der Waals surface area (Å²) in [4.78, 5) is 4.55. The molecule has 2 aromatic rings. The van der Waals surface area contributed by atoms with Gasteiger partial charge in [0.2, 0.25) is 0 Å². The second-order valence-corrected chi connectivity index (χ2v) is 6.96. The van der Waals surface area contributed by atoms with E-state index in [0.29, 0.717) is 11.6 Å². The lowest BCUT2D eigenvalue weighted by atomic mass is 10.1. The van der Waals surface area contributed by atoms with E-state index in [1.54, 1.807) is 11.3 Å². The van der Waals surface area contributed by atoms with E-state index in [4.69, 9.17) is 16.3 Å². The Morgan fingerprint density at radius 3 is 2.60 bits per heavy atom. The van der Waals surface area contributed by atoms with Gasteiger partial charge in [-0.15, -0.1) is 11.3 Å². The van der Waals surface area contributed by atoms with Crippen LogP contribution in [0.25, 0.3) is 0 Å². The zero-order valence-electron chi connectivity index (χ0n) is 11.9. The minimum Gasteiger partial charge on any atom is -0.487 e. The fourth-order valence-electron chi connectivity index (χ4n) is 1.53. The molecule has 1 aromatic carbocycles. The SMILES string of the molecule is CC(C)(C)NCc1nc(COc2ccc(Cl)cc2)cs1. The quantitative estimate of drug-likeness (QED) is 0.896. The van der Waals surface area contributed by atoms with Crippen molar-refractivity contribution in [2.24, 2.45) is 0 Å². The van der Waals surface area contributed by atoms with Gasteiger partial charge in [-0.3, -0.25) is 0 Å².